The molecule has 0 aliphatic carbocycles. The monoisotopic (exact) mass is 407 g/mol. The first-order chi connectivity index (χ1) is 14.2. The summed E-state index contributed by atoms with van der Waals surface area (Å²) in [6.07, 6.45) is 0. The molecule has 4 heterocycles. The second kappa shape index (κ2) is 7.58. The molecule has 5 rings (SSSR count). The van der Waals surface area contributed by atoms with Gasteiger partial charge in [-0.05, 0) is 24.6 Å². The fourth-order valence-electron chi connectivity index (χ4n) is 3.45. The van der Waals surface area contributed by atoms with Crippen molar-refractivity contribution >= 4 is 21.6 Å². The number of tetrazole rings is 1. The zero-order valence-corrected chi connectivity index (χ0v) is 17.2. The normalized spacial score (nSPS) is 15.2. The van der Waals surface area contributed by atoms with Crippen molar-refractivity contribution in [3.63, 3.8) is 0 Å². The maximum atomic E-state index is 5.45. The van der Waals surface area contributed by atoms with Gasteiger partial charge in [0.1, 0.15) is 10.7 Å². The summed E-state index contributed by atoms with van der Waals surface area (Å²) >= 11 is 1.68. The van der Waals surface area contributed by atoms with E-state index in [9.17, 15) is 0 Å². The predicted molar refractivity (Wildman–Crippen MR) is 111 cm³/mol. The first-order valence-electron chi connectivity index (χ1n) is 9.61. The Bertz CT molecular complexity index is 1150. The van der Waals surface area contributed by atoms with Crippen molar-refractivity contribution in [1.82, 2.24) is 35.1 Å². The van der Waals surface area contributed by atoms with Crippen molar-refractivity contribution in [1.29, 1.82) is 0 Å². The van der Waals surface area contributed by atoms with Gasteiger partial charge in [-0.3, -0.25) is 4.90 Å². The molecule has 0 radical (unpaired) electrons. The Kier molecular flexibility index (Phi) is 4.78. The van der Waals surface area contributed by atoms with E-state index in [2.05, 4.69) is 34.2 Å². The van der Waals surface area contributed by atoms with E-state index >= 15 is 0 Å². The summed E-state index contributed by atoms with van der Waals surface area (Å²) in [5, 5.41) is 14.2. The Labute approximate surface area is 172 Å². The number of fused-ring (bicyclic) bond motifs is 1. The molecule has 1 aromatic carbocycles. The Morgan fingerprint density at radius 3 is 2.66 bits per heavy atom. The second-order valence-corrected chi connectivity index (χ2v) is 8.29. The lowest BCUT2D eigenvalue weighted by molar-refractivity contribution is 0.0331. The first-order valence-corrected chi connectivity index (χ1v) is 10.4. The summed E-state index contributed by atoms with van der Waals surface area (Å²) < 4.78 is 5.45. The van der Waals surface area contributed by atoms with Crippen LogP contribution < -0.4 is 0 Å². The van der Waals surface area contributed by atoms with Crippen molar-refractivity contribution in [3.05, 3.63) is 46.6 Å². The van der Waals surface area contributed by atoms with Crippen LogP contribution in [0.2, 0.25) is 0 Å². The minimum Gasteiger partial charge on any atom is -0.379 e. The van der Waals surface area contributed by atoms with Crippen LogP contribution in [-0.4, -0.2) is 61.4 Å². The van der Waals surface area contributed by atoms with Crippen molar-refractivity contribution in [2.45, 2.75) is 20.4 Å². The van der Waals surface area contributed by atoms with Crippen molar-refractivity contribution in [2.75, 3.05) is 26.3 Å². The molecule has 3 aromatic heterocycles. The van der Waals surface area contributed by atoms with E-state index < -0.39 is 0 Å². The summed E-state index contributed by atoms with van der Waals surface area (Å²) in [6.45, 7) is 8.16. The van der Waals surface area contributed by atoms with Gasteiger partial charge in [0.15, 0.2) is 5.82 Å². The molecule has 1 saturated heterocycles. The van der Waals surface area contributed by atoms with E-state index in [0.29, 0.717) is 18.2 Å². The number of benzene rings is 1. The maximum absolute atomic E-state index is 5.45. The van der Waals surface area contributed by atoms with Gasteiger partial charge in [-0.2, -0.15) is 0 Å². The van der Waals surface area contributed by atoms with Gasteiger partial charge < -0.3 is 4.74 Å². The lowest BCUT2D eigenvalue weighted by atomic mass is 10.2. The third-order valence-corrected chi connectivity index (χ3v) is 6.26. The summed E-state index contributed by atoms with van der Waals surface area (Å²) in [5.41, 5.74) is 2.09. The number of thiophene rings is 1. The number of rotatable bonds is 4. The van der Waals surface area contributed by atoms with Gasteiger partial charge >= 0.3 is 0 Å². The lowest BCUT2D eigenvalue weighted by Gasteiger charge is -2.25. The van der Waals surface area contributed by atoms with Crippen LogP contribution in [0, 0.1) is 13.8 Å². The van der Waals surface area contributed by atoms with Gasteiger partial charge in [0.2, 0.25) is 5.82 Å². The number of hydrogen-bond acceptors (Lipinski definition) is 8. The minimum atomic E-state index is 0.580. The predicted octanol–water partition coefficient (Wildman–Crippen LogP) is 2.78. The quantitative estimate of drug-likeness (QED) is 0.514. The van der Waals surface area contributed by atoms with E-state index in [-0.39, 0.29) is 0 Å². The molecule has 0 saturated carbocycles. The summed E-state index contributed by atoms with van der Waals surface area (Å²) in [5.74, 6) is 2.04. The number of ether oxygens (including phenoxy) is 1. The van der Waals surface area contributed by atoms with Gasteiger partial charge in [-0.1, -0.05) is 30.3 Å². The highest BCUT2D eigenvalue weighted by molar-refractivity contribution is 7.18. The Morgan fingerprint density at radius 1 is 1.07 bits per heavy atom. The Hall–Kier alpha value is -2.75. The van der Waals surface area contributed by atoms with Gasteiger partial charge in [0.25, 0.3) is 0 Å². The number of morpholine rings is 1. The van der Waals surface area contributed by atoms with Crippen LogP contribution in [0.25, 0.3) is 27.4 Å². The SMILES string of the molecule is Cc1sc2nc(CN3CCOCC3)nc(-n3nnc(-c4ccccc4)n3)c2c1C. The van der Waals surface area contributed by atoms with Gasteiger partial charge in [0, 0.05) is 23.5 Å². The van der Waals surface area contributed by atoms with Gasteiger partial charge in [-0.25, -0.2) is 9.97 Å². The molecule has 0 N–H and O–H groups in total. The van der Waals surface area contributed by atoms with Crippen molar-refractivity contribution < 1.29 is 4.74 Å². The fraction of sp³-hybridized carbons (Fsp3) is 0.350. The molecule has 0 unspecified atom stereocenters. The summed E-state index contributed by atoms with van der Waals surface area (Å²) in [4.78, 5) is 15.7. The van der Waals surface area contributed by atoms with Gasteiger partial charge in [0.05, 0.1) is 25.1 Å². The average molecular weight is 408 g/mol. The highest BCUT2D eigenvalue weighted by atomic mass is 32.1. The van der Waals surface area contributed by atoms with Crippen LogP contribution in [0.5, 0.6) is 0 Å². The topological polar surface area (TPSA) is 81.9 Å². The molecule has 4 aromatic rings. The van der Waals surface area contributed by atoms with Crippen LogP contribution in [0.3, 0.4) is 0 Å². The molecule has 1 aliphatic rings. The van der Waals surface area contributed by atoms with E-state index in [1.165, 1.54) is 9.67 Å². The zero-order valence-electron chi connectivity index (χ0n) is 16.4. The Morgan fingerprint density at radius 2 is 1.86 bits per heavy atom. The summed E-state index contributed by atoms with van der Waals surface area (Å²) in [6, 6.07) is 9.84. The van der Waals surface area contributed by atoms with Crippen LogP contribution >= 0.6 is 11.3 Å². The number of hydrogen-bond donors (Lipinski definition) is 0. The van der Waals surface area contributed by atoms with Crippen molar-refractivity contribution in [3.8, 4) is 17.2 Å². The molecule has 1 aliphatic heterocycles. The Balaban J connectivity index is 1.59. The van der Waals surface area contributed by atoms with Crippen LogP contribution in [0.1, 0.15) is 16.3 Å². The fourth-order valence-corrected chi connectivity index (χ4v) is 4.50. The molecule has 0 amide bonds. The van der Waals surface area contributed by atoms with Crippen LogP contribution in [-0.2, 0) is 11.3 Å². The van der Waals surface area contributed by atoms with E-state index in [1.807, 2.05) is 30.3 Å². The lowest BCUT2D eigenvalue weighted by Crippen LogP contribution is -2.36. The molecule has 0 spiro atoms. The number of nitrogens with zero attached hydrogens (tertiary/aromatic N) is 7. The molecule has 0 atom stereocenters. The number of aromatic nitrogens is 6. The molecule has 29 heavy (non-hydrogen) atoms. The smallest absolute Gasteiger partial charge is 0.205 e. The molecule has 1 fully saturated rings. The highest BCUT2D eigenvalue weighted by Gasteiger charge is 2.20. The first kappa shape index (κ1) is 18.3. The zero-order chi connectivity index (χ0) is 19.8. The van der Waals surface area contributed by atoms with E-state index in [4.69, 9.17) is 14.7 Å². The molecular weight excluding hydrogens is 386 g/mol. The summed E-state index contributed by atoms with van der Waals surface area (Å²) in [7, 11) is 0. The molecule has 8 nitrogen and oxygen atoms in total. The van der Waals surface area contributed by atoms with Gasteiger partial charge in [-0.15, -0.1) is 26.3 Å². The second-order valence-electron chi connectivity index (χ2n) is 7.08. The van der Waals surface area contributed by atoms with E-state index in [0.717, 1.165) is 53.5 Å². The molecule has 148 valence electrons. The highest BCUT2D eigenvalue weighted by Crippen LogP contribution is 2.32. The third-order valence-electron chi connectivity index (χ3n) is 5.16. The van der Waals surface area contributed by atoms with Crippen LogP contribution in [0.15, 0.2) is 30.3 Å². The van der Waals surface area contributed by atoms with Crippen molar-refractivity contribution in [2.24, 2.45) is 0 Å². The molecule has 0 bridgehead atoms. The molecule has 9 heteroatoms. The standard InChI is InChI=1S/C20H21N7OS/c1-13-14(2)29-20-17(13)19(21-16(22-20)12-26-8-10-28-11-9-26)27-24-18(23-25-27)15-6-4-3-5-7-15/h3-7H,8-12H2,1-2H3. The largest absolute Gasteiger partial charge is 0.379 e. The number of aryl methyl sites for hydroxylation is 2. The maximum Gasteiger partial charge on any atom is 0.205 e. The minimum absolute atomic E-state index is 0.580. The van der Waals surface area contributed by atoms with E-state index in [1.54, 1.807) is 11.3 Å². The third kappa shape index (κ3) is 3.52. The average Bonchev–Trinajstić information content (AvgIpc) is 3.34. The molecular formula is C20H21N7OS. The van der Waals surface area contributed by atoms with Crippen LogP contribution in [0.4, 0.5) is 0 Å².